The number of halogens is 1. The van der Waals surface area contributed by atoms with Crippen molar-refractivity contribution in [3.63, 3.8) is 0 Å². The third-order valence-electron chi connectivity index (χ3n) is 4.43. The fourth-order valence-electron chi connectivity index (χ4n) is 2.90. The van der Waals surface area contributed by atoms with Gasteiger partial charge in [-0.1, -0.05) is 17.7 Å². The van der Waals surface area contributed by atoms with Crippen LogP contribution in [0.3, 0.4) is 0 Å². The number of carbonyl (C=O) groups is 1. The van der Waals surface area contributed by atoms with E-state index in [-0.39, 0.29) is 34.0 Å². The molecule has 2 aromatic rings. The van der Waals surface area contributed by atoms with Crippen LogP contribution in [0.2, 0.25) is 5.02 Å². The number of ether oxygens (including phenoxy) is 1. The Morgan fingerprint density at radius 2 is 2.18 bits per heavy atom. The van der Waals surface area contributed by atoms with Crippen molar-refractivity contribution in [2.75, 3.05) is 19.7 Å². The van der Waals surface area contributed by atoms with Gasteiger partial charge in [0.2, 0.25) is 10.0 Å². The Kier molecular flexibility index (Phi) is 7.01. The van der Waals surface area contributed by atoms with Crippen molar-refractivity contribution in [3.8, 4) is 0 Å². The van der Waals surface area contributed by atoms with Crippen LogP contribution >= 0.6 is 11.6 Å². The van der Waals surface area contributed by atoms with Gasteiger partial charge in [-0.25, -0.2) is 13.1 Å². The number of rotatable bonds is 8. The number of sulfonamides is 1. The maximum atomic E-state index is 12.6. The highest BCUT2D eigenvalue weighted by Crippen LogP contribution is 2.23. The maximum absolute atomic E-state index is 12.6. The normalized spacial score (nSPS) is 16.8. The SMILES string of the molecule is O=C(NCCc1cccnc1)c1ccc(Cl)c(S(=O)(=O)NCC2CCCO2)c1. The molecule has 1 aliphatic heterocycles. The second-order valence-electron chi connectivity index (χ2n) is 6.50. The van der Waals surface area contributed by atoms with Crippen molar-refractivity contribution in [1.29, 1.82) is 0 Å². The minimum Gasteiger partial charge on any atom is -0.377 e. The summed E-state index contributed by atoms with van der Waals surface area (Å²) >= 11 is 6.08. The molecule has 1 fully saturated rings. The van der Waals surface area contributed by atoms with Crippen molar-refractivity contribution in [2.24, 2.45) is 0 Å². The van der Waals surface area contributed by atoms with Gasteiger partial charge in [-0.2, -0.15) is 0 Å². The molecule has 0 bridgehead atoms. The fraction of sp³-hybridized carbons (Fsp3) is 0.368. The number of nitrogens with zero attached hydrogens (tertiary/aromatic N) is 1. The summed E-state index contributed by atoms with van der Waals surface area (Å²) < 4.78 is 33.1. The van der Waals surface area contributed by atoms with Gasteiger partial charge in [0.05, 0.1) is 11.1 Å². The van der Waals surface area contributed by atoms with Crippen molar-refractivity contribution in [3.05, 3.63) is 58.9 Å². The van der Waals surface area contributed by atoms with E-state index in [1.54, 1.807) is 12.4 Å². The number of aromatic nitrogens is 1. The lowest BCUT2D eigenvalue weighted by Crippen LogP contribution is -2.32. The number of amides is 1. The average Bonchev–Trinajstić information content (AvgIpc) is 3.21. The predicted octanol–water partition coefficient (Wildman–Crippen LogP) is 2.16. The molecule has 1 aromatic heterocycles. The number of nitrogens with one attached hydrogen (secondary N) is 2. The lowest BCUT2D eigenvalue weighted by molar-refractivity contribution is 0.0954. The molecule has 28 heavy (non-hydrogen) atoms. The Hall–Kier alpha value is -2.00. The molecule has 3 rings (SSSR count). The van der Waals surface area contributed by atoms with E-state index in [9.17, 15) is 13.2 Å². The third kappa shape index (κ3) is 5.51. The summed E-state index contributed by atoms with van der Waals surface area (Å²) in [5, 5.41) is 2.84. The Morgan fingerprint density at radius 1 is 1.32 bits per heavy atom. The molecule has 0 aliphatic carbocycles. The van der Waals surface area contributed by atoms with Gasteiger partial charge in [-0.05, 0) is 49.1 Å². The molecule has 0 saturated carbocycles. The molecule has 9 heteroatoms. The predicted molar refractivity (Wildman–Crippen MR) is 106 cm³/mol. The highest BCUT2D eigenvalue weighted by atomic mass is 35.5. The second kappa shape index (κ2) is 9.47. The van der Waals surface area contributed by atoms with Crippen LogP contribution in [-0.4, -0.2) is 45.1 Å². The number of hydrogen-bond donors (Lipinski definition) is 2. The zero-order valence-electron chi connectivity index (χ0n) is 15.2. The van der Waals surface area contributed by atoms with E-state index in [1.165, 1.54) is 18.2 Å². The van der Waals surface area contributed by atoms with Crippen LogP contribution in [0.25, 0.3) is 0 Å². The quantitative estimate of drug-likeness (QED) is 0.678. The van der Waals surface area contributed by atoms with E-state index in [0.29, 0.717) is 19.6 Å². The van der Waals surface area contributed by atoms with Crippen molar-refractivity contribution >= 4 is 27.5 Å². The van der Waals surface area contributed by atoms with Gasteiger partial charge in [0, 0.05) is 37.7 Å². The maximum Gasteiger partial charge on any atom is 0.251 e. The molecule has 1 atom stereocenters. The first-order valence-corrected chi connectivity index (χ1v) is 10.9. The Labute approximate surface area is 169 Å². The monoisotopic (exact) mass is 423 g/mol. The largest absolute Gasteiger partial charge is 0.377 e. The molecule has 1 amide bonds. The van der Waals surface area contributed by atoms with Crippen LogP contribution < -0.4 is 10.0 Å². The zero-order chi connectivity index (χ0) is 20.0. The van der Waals surface area contributed by atoms with E-state index in [0.717, 1.165) is 18.4 Å². The summed E-state index contributed by atoms with van der Waals surface area (Å²) in [6.07, 6.45) is 5.65. The second-order valence-corrected chi connectivity index (χ2v) is 8.64. The Bertz CT molecular complexity index is 916. The molecule has 1 aliphatic rings. The van der Waals surface area contributed by atoms with Gasteiger partial charge in [0.1, 0.15) is 4.90 Å². The van der Waals surface area contributed by atoms with Crippen LogP contribution in [0.4, 0.5) is 0 Å². The number of benzene rings is 1. The van der Waals surface area contributed by atoms with E-state index in [4.69, 9.17) is 16.3 Å². The molecule has 2 heterocycles. The van der Waals surface area contributed by atoms with Crippen LogP contribution in [0, 0.1) is 0 Å². The molecule has 1 saturated heterocycles. The molecule has 0 spiro atoms. The van der Waals surface area contributed by atoms with E-state index < -0.39 is 10.0 Å². The first-order chi connectivity index (χ1) is 13.5. The first-order valence-electron chi connectivity index (χ1n) is 9.03. The molecule has 1 unspecified atom stereocenters. The molecular formula is C19H22ClN3O4S. The highest BCUT2D eigenvalue weighted by Gasteiger charge is 2.23. The first kappa shape index (κ1) is 20.7. The molecule has 7 nitrogen and oxygen atoms in total. The van der Waals surface area contributed by atoms with Crippen LogP contribution in [-0.2, 0) is 21.2 Å². The summed E-state index contributed by atoms with van der Waals surface area (Å²) in [6, 6.07) is 7.96. The van der Waals surface area contributed by atoms with Gasteiger partial charge in [-0.15, -0.1) is 0 Å². The van der Waals surface area contributed by atoms with Gasteiger partial charge in [0.25, 0.3) is 5.91 Å². The van der Waals surface area contributed by atoms with Gasteiger partial charge in [0.15, 0.2) is 0 Å². The highest BCUT2D eigenvalue weighted by molar-refractivity contribution is 7.89. The summed E-state index contributed by atoms with van der Waals surface area (Å²) in [6.45, 7) is 1.23. The van der Waals surface area contributed by atoms with Crippen LogP contribution in [0.5, 0.6) is 0 Å². The molecule has 0 radical (unpaired) electrons. The fourth-order valence-corrected chi connectivity index (χ4v) is 4.49. The van der Waals surface area contributed by atoms with Crippen molar-refractivity contribution < 1.29 is 17.9 Å². The molecule has 150 valence electrons. The Balaban J connectivity index is 1.63. The van der Waals surface area contributed by atoms with Gasteiger partial charge in [-0.3, -0.25) is 9.78 Å². The average molecular weight is 424 g/mol. The molecular weight excluding hydrogens is 402 g/mol. The van der Waals surface area contributed by atoms with Crippen LogP contribution in [0.1, 0.15) is 28.8 Å². The van der Waals surface area contributed by atoms with E-state index >= 15 is 0 Å². The number of hydrogen-bond acceptors (Lipinski definition) is 5. The smallest absolute Gasteiger partial charge is 0.251 e. The number of carbonyl (C=O) groups excluding carboxylic acids is 1. The van der Waals surface area contributed by atoms with Gasteiger partial charge < -0.3 is 10.1 Å². The molecule has 1 aromatic carbocycles. The third-order valence-corrected chi connectivity index (χ3v) is 6.34. The van der Waals surface area contributed by atoms with Crippen molar-refractivity contribution in [1.82, 2.24) is 15.0 Å². The zero-order valence-corrected chi connectivity index (χ0v) is 16.8. The summed E-state index contributed by atoms with van der Waals surface area (Å²) in [5.74, 6) is -0.365. The topological polar surface area (TPSA) is 97.4 Å². The lowest BCUT2D eigenvalue weighted by Gasteiger charge is -2.13. The van der Waals surface area contributed by atoms with E-state index in [2.05, 4.69) is 15.0 Å². The minimum atomic E-state index is -3.85. The minimum absolute atomic E-state index is 0.0618. The van der Waals surface area contributed by atoms with E-state index in [1.807, 2.05) is 12.1 Å². The summed E-state index contributed by atoms with van der Waals surface area (Å²) in [7, 11) is -3.85. The summed E-state index contributed by atoms with van der Waals surface area (Å²) in [5.41, 5.74) is 1.23. The lowest BCUT2D eigenvalue weighted by atomic mass is 10.2. The van der Waals surface area contributed by atoms with Crippen molar-refractivity contribution in [2.45, 2.75) is 30.3 Å². The standard InChI is InChI=1S/C19H22ClN3O4S/c20-17-6-5-15(19(24)22-9-7-14-3-1-8-21-12-14)11-18(17)28(25,26)23-13-16-4-2-10-27-16/h1,3,5-6,8,11-12,16,23H,2,4,7,9-10,13H2,(H,22,24). The summed E-state index contributed by atoms with van der Waals surface area (Å²) in [4.78, 5) is 16.3. The molecule has 2 N–H and O–H groups in total. The Morgan fingerprint density at radius 3 is 2.89 bits per heavy atom. The van der Waals surface area contributed by atoms with Crippen LogP contribution in [0.15, 0.2) is 47.6 Å². The number of pyridine rings is 1. The van der Waals surface area contributed by atoms with Gasteiger partial charge >= 0.3 is 0 Å².